The van der Waals surface area contributed by atoms with Gasteiger partial charge in [-0.05, 0) is 32.0 Å². The minimum Gasteiger partial charge on any atom is -0.330 e. The Morgan fingerprint density at radius 1 is 1.30 bits per heavy atom. The fraction of sp³-hybridized carbons (Fsp3) is 0.462. The molecular weight excluding hydrogens is 276 g/mol. The van der Waals surface area contributed by atoms with Crippen LogP contribution in [0.4, 0.5) is 23.2 Å². The smallest absolute Gasteiger partial charge is 0.330 e. The highest BCUT2D eigenvalue weighted by Gasteiger charge is 2.51. The largest absolute Gasteiger partial charge is 0.384 e. The van der Waals surface area contributed by atoms with Crippen LogP contribution in [0.2, 0.25) is 0 Å². The minimum atomic E-state index is -4.71. The molecule has 0 saturated carbocycles. The molecule has 0 aliphatic heterocycles. The Balaban J connectivity index is 3.06. The molecule has 20 heavy (non-hydrogen) atoms. The fourth-order valence-corrected chi connectivity index (χ4v) is 1.60. The first-order valence-corrected chi connectivity index (χ1v) is 6.05. The predicted octanol–water partition coefficient (Wildman–Crippen LogP) is 2.58. The highest BCUT2D eigenvalue weighted by Crippen LogP contribution is 2.28. The highest BCUT2D eigenvalue weighted by atomic mass is 19.3. The number of benzene rings is 1. The van der Waals surface area contributed by atoms with Gasteiger partial charge in [0.2, 0.25) is 0 Å². The van der Waals surface area contributed by atoms with E-state index in [0.717, 1.165) is 5.56 Å². The summed E-state index contributed by atoms with van der Waals surface area (Å²) in [5.74, 6) is -6.62. The molecule has 0 saturated heterocycles. The molecule has 3 nitrogen and oxygen atoms in total. The number of nitrogens with two attached hydrogens (primary N) is 1. The summed E-state index contributed by atoms with van der Waals surface area (Å²) >= 11 is 0. The molecule has 0 aromatic heterocycles. The first-order valence-electron chi connectivity index (χ1n) is 6.05. The van der Waals surface area contributed by atoms with E-state index >= 15 is 0 Å². The van der Waals surface area contributed by atoms with Crippen molar-refractivity contribution in [3.05, 3.63) is 29.8 Å². The van der Waals surface area contributed by atoms with Crippen LogP contribution in [-0.4, -0.2) is 31.3 Å². The zero-order chi connectivity index (χ0) is 15.3. The second-order valence-corrected chi connectivity index (χ2v) is 4.36. The van der Waals surface area contributed by atoms with Crippen LogP contribution in [0, 0.1) is 6.92 Å². The molecule has 0 aliphatic carbocycles. The lowest BCUT2D eigenvalue weighted by atomic mass is 10.2. The molecule has 1 aromatic carbocycles. The normalized spacial score (nSPS) is 11.8. The standard InChI is InChI=1S/C13H16F4N2O/c1-9-3-5-10(6-4-9)19(8-2-7-18)12(20)13(16,17)11(14)15/h3-6,11H,2,7-8,18H2,1H3. The van der Waals surface area contributed by atoms with E-state index in [0.29, 0.717) is 4.90 Å². The topological polar surface area (TPSA) is 46.3 Å². The Hall–Kier alpha value is -1.63. The number of carbonyl (C=O) groups excluding carboxylic acids is 1. The van der Waals surface area contributed by atoms with Crippen LogP contribution in [0.1, 0.15) is 12.0 Å². The molecule has 0 radical (unpaired) electrons. The van der Waals surface area contributed by atoms with Gasteiger partial charge in [0, 0.05) is 12.2 Å². The second kappa shape index (κ2) is 6.69. The van der Waals surface area contributed by atoms with Crippen molar-refractivity contribution in [3.63, 3.8) is 0 Å². The molecule has 0 atom stereocenters. The molecular formula is C13H16F4N2O. The average Bonchev–Trinajstić information content (AvgIpc) is 2.40. The van der Waals surface area contributed by atoms with Crippen LogP contribution in [0.25, 0.3) is 0 Å². The quantitative estimate of drug-likeness (QED) is 0.819. The molecule has 2 N–H and O–H groups in total. The van der Waals surface area contributed by atoms with Gasteiger partial charge < -0.3 is 10.6 Å². The van der Waals surface area contributed by atoms with Crippen molar-refractivity contribution in [1.82, 2.24) is 0 Å². The van der Waals surface area contributed by atoms with Gasteiger partial charge in [0.15, 0.2) is 0 Å². The van der Waals surface area contributed by atoms with Crippen molar-refractivity contribution in [2.75, 3.05) is 18.0 Å². The van der Waals surface area contributed by atoms with Crippen LogP contribution in [0.15, 0.2) is 24.3 Å². The van der Waals surface area contributed by atoms with Crippen LogP contribution in [-0.2, 0) is 4.79 Å². The van der Waals surface area contributed by atoms with E-state index in [2.05, 4.69) is 0 Å². The van der Waals surface area contributed by atoms with E-state index in [1.165, 1.54) is 12.1 Å². The number of hydrogen-bond acceptors (Lipinski definition) is 2. The predicted molar refractivity (Wildman–Crippen MR) is 68.2 cm³/mol. The van der Waals surface area contributed by atoms with Crippen LogP contribution in [0.5, 0.6) is 0 Å². The zero-order valence-electron chi connectivity index (χ0n) is 11.0. The molecule has 1 amide bonds. The third-order valence-corrected chi connectivity index (χ3v) is 2.74. The molecule has 112 valence electrons. The van der Waals surface area contributed by atoms with E-state index in [1.807, 2.05) is 0 Å². The number of halogens is 4. The second-order valence-electron chi connectivity index (χ2n) is 4.36. The summed E-state index contributed by atoms with van der Waals surface area (Å²) in [5.41, 5.74) is 6.28. The lowest BCUT2D eigenvalue weighted by Crippen LogP contribution is -2.48. The van der Waals surface area contributed by atoms with Gasteiger partial charge in [-0.1, -0.05) is 17.7 Å². The number of rotatable bonds is 6. The minimum absolute atomic E-state index is 0.138. The lowest BCUT2D eigenvalue weighted by molar-refractivity contribution is -0.166. The van der Waals surface area contributed by atoms with Crippen molar-refractivity contribution in [3.8, 4) is 0 Å². The number of nitrogens with zero attached hydrogens (tertiary/aromatic N) is 1. The van der Waals surface area contributed by atoms with Crippen molar-refractivity contribution < 1.29 is 22.4 Å². The van der Waals surface area contributed by atoms with Gasteiger partial charge in [0.25, 0.3) is 0 Å². The van der Waals surface area contributed by atoms with Gasteiger partial charge >= 0.3 is 18.3 Å². The van der Waals surface area contributed by atoms with Gasteiger partial charge in [-0.25, -0.2) is 8.78 Å². The maximum Gasteiger partial charge on any atom is 0.384 e. The van der Waals surface area contributed by atoms with Gasteiger partial charge in [0.1, 0.15) is 0 Å². The maximum absolute atomic E-state index is 13.2. The SMILES string of the molecule is Cc1ccc(N(CCCN)C(=O)C(F)(F)C(F)F)cc1. The molecule has 1 aromatic rings. The van der Waals surface area contributed by atoms with Crippen molar-refractivity contribution >= 4 is 11.6 Å². The zero-order valence-corrected chi connectivity index (χ0v) is 11.0. The lowest BCUT2D eigenvalue weighted by Gasteiger charge is -2.26. The number of amides is 1. The van der Waals surface area contributed by atoms with Gasteiger partial charge in [-0.15, -0.1) is 0 Å². The van der Waals surface area contributed by atoms with Gasteiger partial charge in [-0.2, -0.15) is 8.78 Å². The maximum atomic E-state index is 13.2. The first-order chi connectivity index (χ1) is 9.30. The summed E-state index contributed by atoms with van der Waals surface area (Å²) in [6.07, 6.45) is -3.81. The Bertz CT molecular complexity index is 448. The van der Waals surface area contributed by atoms with E-state index < -0.39 is 18.3 Å². The number of aryl methyl sites for hydroxylation is 1. The number of anilines is 1. The summed E-state index contributed by atoms with van der Waals surface area (Å²) in [6.45, 7) is 1.81. The van der Waals surface area contributed by atoms with Gasteiger partial charge in [-0.3, -0.25) is 4.79 Å². The highest BCUT2D eigenvalue weighted by molar-refractivity contribution is 5.98. The third-order valence-electron chi connectivity index (χ3n) is 2.74. The number of hydrogen-bond donors (Lipinski definition) is 1. The van der Waals surface area contributed by atoms with Crippen molar-refractivity contribution in [1.29, 1.82) is 0 Å². The summed E-state index contributed by atoms with van der Waals surface area (Å²) < 4.78 is 51.0. The Morgan fingerprint density at radius 3 is 2.30 bits per heavy atom. The molecule has 7 heteroatoms. The average molecular weight is 292 g/mol. The molecule has 0 spiro atoms. The van der Waals surface area contributed by atoms with E-state index in [-0.39, 0.29) is 25.2 Å². The number of alkyl halides is 4. The molecule has 0 unspecified atom stereocenters. The van der Waals surface area contributed by atoms with Crippen molar-refractivity contribution in [2.45, 2.75) is 25.7 Å². The molecule has 0 heterocycles. The fourth-order valence-electron chi connectivity index (χ4n) is 1.60. The molecule has 0 aliphatic rings. The monoisotopic (exact) mass is 292 g/mol. The van der Waals surface area contributed by atoms with Crippen LogP contribution in [0.3, 0.4) is 0 Å². The Kier molecular flexibility index (Phi) is 5.50. The van der Waals surface area contributed by atoms with Crippen LogP contribution >= 0.6 is 0 Å². The molecule has 1 rings (SSSR count). The molecule has 0 fully saturated rings. The third kappa shape index (κ3) is 3.69. The van der Waals surface area contributed by atoms with Crippen LogP contribution < -0.4 is 10.6 Å². The Labute approximate surface area is 114 Å². The van der Waals surface area contributed by atoms with E-state index in [1.54, 1.807) is 19.1 Å². The summed E-state index contributed by atoms with van der Waals surface area (Å²) in [4.78, 5) is 12.3. The van der Waals surface area contributed by atoms with E-state index in [9.17, 15) is 22.4 Å². The first kappa shape index (κ1) is 16.4. The summed E-state index contributed by atoms with van der Waals surface area (Å²) in [7, 11) is 0. The van der Waals surface area contributed by atoms with Gasteiger partial charge in [0.05, 0.1) is 0 Å². The number of carbonyl (C=O) groups is 1. The summed E-state index contributed by atoms with van der Waals surface area (Å²) in [6, 6.07) is 6.09. The van der Waals surface area contributed by atoms with E-state index in [4.69, 9.17) is 5.73 Å². The Morgan fingerprint density at radius 2 is 1.85 bits per heavy atom. The molecule has 0 bridgehead atoms. The summed E-state index contributed by atoms with van der Waals surface area (Å²) in [5, 5.41) is 0. The van der Waals surface area contributed by atoms with Crippen molar-refractivity contribution in [2.24, 2.45) is 5.73 Å².